The Bertz CT molecular complexity index is 356. The Morgan fingerprint density at radius 2 is 2.06 bits per heavy atom. The van der Waals surface area contributed by atoms with Gasteiger partial charge in [0.2, 0.25) is 5.91 Å². The second-order valence-electron chi connectivity index (χ2n) is 4.93. The summed E-state index contributed by atoms with van der Waals surface area (Å²) in [6.45, 7) is 2.10. The van der Waals surface area contributed by atoms with Crippen LogP contribution in [-0.2, 0) is 11.2 Å². The summed E-state index contributed by atoms with van der Waals surface area (Å²) in [4.78, 5) is 11.9. The van der Waals surface area contributed by atoms with Gasteiger partial charge in [-0.2, -0.15) is 0 Å². The molecule has 1 aliphatic heterocycles. The summed E-state index contributed by atoms with van der Waals surface area (Å²) < 4.78 is 0. The molecule has 1 aliphatic rings. The van der Waals surface area contributed by atoms with Crippen molar-refractivity contribution in [2.45, 2.75) is 38.1 Å². The van der Waals surface area contributed by atoms with Crippen LogP contribution in [0.4, 0.5) is 0 Å². The predicted octanol–water partition coefficient (Wildman–Crippen LogP) is 1.88. The highest BCUT2D eigenvalue weighted by Gasteiger charge is 2.13. The van der Waals surface area contributed by atoms with E-state index in [0.29, 0.717) is 12.5 Å². The molecule has 2 rings (SSSR count). The smallest absolute Gasteiger partial charge is 0.220 e. The zero-order valence-electron chi connectivity index (χ0n) is 10.8. The van der Waals surface area contributed by atoms with Gasteiger partial charge in [0.25, 0.3) is 0 Å². The summed E-state index contributed by atoms with van der Waals surface area (Å²) in [5, 5.41) is 6.51. The van der Waals surface area contributed by atoms with Crippen LogP contribution >= 0.6 is 0 Å². The monoisotopic (exact) mass is 246 g/mol. The first-order valence-corrected chi connectivity index (χ1v) is 6.88. The second-order valence-corrected chi connectivity index (χ2v) is 4.93. The fourth-order valence-corrected chi connectivity index (χ4v) is 2.37. The highest BCUT2D eigenvalue weighted by Crippen LogP contribution is 2.06. The van der Waals surface area contributed by atoms with Crippen molar-refractivity contribution in [1.82, 2.24) is 10.6 Å². The van der Waals surface area contributed by atoms with E-state index in [9.17, 15) is 4.79 Å². The highest BCUT2D eigenvalue weighted by molar-refractivity contribution is 5.76. The first kappa shape index (κ1) is 13.1. The fraction of sp³-hybridized carbons (Fsp3) is 0.533. The van der Waals surface area contributed by atoms with Gasteiger partial charge in [0.15, 0.2) is 0 Å². The summed E-state index contributed by atoms with van der Waals surface area (Å²) in [5.41, 5.74) is 1.23. The van der Waals surface area contributed by atoms with Crippen molar-refractivity contribution in [3.8, 4) is 0 Å². The molecule has 1 amide bonds. The van der Waals surface area contributed by atoms with Crippen LogP contribution < -0.4 is 10.6 Å². The lowest BCUT2D eigenvalue weighted by Gasteiger charge is -2.15. The second kappa shape index (κ2) is 7.17. The maximum absolute atomic E-state index is 11.9. The topological polar surface area (TPSA) is 41.1 Å². The molecule has 18 heavy (non-hydrogen) atoms. The van der Waals surface area contributed by atoms with Gasteiger partial charge in [0.1, 0.15) is 0 Å². The first-order chi connectivity index (χ1) is 8.84. The number of carbonyl (C=O) groups is 1. The number of nitrogens with one attached hydrogen (secondary N) is 2. The van der Waals surface area contributed by atoms with Crippen molar-refractivity contribution in [1.29, 1.82) is 0 Å². The third kappa shape index (κ3) is 4.49. The molecule has 1 aromatic carbocycles. The Morgan fingerprint density at radius 3 is 2.89 bits per heavy atom. The quantitative estimate of drug-likeness (QED) is 0.851. The molecule has 1 unspecified atom stereocenters. The minimum absolute atomic E-state index is 0.186. The van der Waals surface area contributed by atoms with Gasteiger partial charge >= 0.3 is 0 Å². The molecule has 0 aliphatic carbocycles. The van der Waals surface area contributed by atoms with E-state index in [4.69, 9.17) is 0 Å². The molecule has 1 aromatic rings. The van der Waals surface area contributed by atoms with E-state index in [1.165, 1.54) is 5.56 Å². The molecule has 0 saturated carbocycles. The number of carbonyl (C=O) groups excluding carboxylic acids is 1. The van der Waals surface area contributed by atoms with E-state index < -0.39 is 0 Å². The van der Waals surface area contributed by atoms with Gasteiger partial charge in [-0.1, -0.05) is 30.3 Å². The van der Waals surface area contributed by atoms with Crippen molar-refractivity contribution in [2.24, 2.45) is 0 Å². The lowest BCUT2D eigenvalue weighted by Crippen LogP contribution is -2.35. The average molecular weight is 246 g/mol. The van der Waals surface area contributed by atoms with Gasteiger partial charge < -0.3 is 10.6 Å². The third-order valence-corrected chi connectivity index (χ3v) is 3.42. The van der Waals surface area contributed by atoms with Crippen LogP contribution in [0.1, 0.15) is 31.2 Å². The summed E-state index contributed by atoms with van der Waals surface area (Å²) in [5.74, 6) is 0.186. The van der Waals surface area contributed by atoms with Crippen molar-refractivity contribution in [2.75, 3.05) is 13.1 Å². The molecule has 3 heteroatoms. The summed E-state index contributed by atoms with van der Waals surface area (Å²) in [7, 11) is 0. The van der Waals surface area contributed by atoms with Gasteiger partial charge in [-0.3, -0.25) is 4.79 Å². The van der Waals surface area contributed by atoms with Gasteiger partial charge in [-0.15, -0.1) is 0 Å². The Kier molecular flexibility index (Phi) is 5.21. The van der Waals surface area contributed by atoms with Crippen LogP contribution in [0.2, 0.25) is 0 Å². The standard InChI is InChI=1S/C15H22N2O/c18-15(9-8-13-5-2-1-3-6-13)17-14-7-4-11-16-12-10-14/h1-3,5-6,14,16H,4,7-12H2,(H,17,18). The molecular weight excluding hydrogens is 224 g/mol. The number of rotatable bonds is 4. The molecule has 1 fully saturated rings. The fourth-order valence-electron chi connectivity index (χ4n) is 2.37. The number of hydrogen-bond acceptors (Lipinski definition) is 2. The summed E-state index contributed by atoms with van der Waals surface area (Å²) in [6.07, 6.45) is 4.73. The van der Waals surface area contributed by atoms with E-state index in [-0.39, 0.29) is 5.91 Å². The molecule has 3 nitrogen and oxygen atoms in total. The van der Waals surface area contributed by atoms with E-state index in [1.54, 1.807) is 0 Å². The number of aryl methyl sites for hydroxylation is 1. The summed E-state index contributed by atoms with van der Waals surface area (Å²) >= 11 is 0. The largest absolute Gasteiger partial charge is 0.353 e. The summed E-state index contributed by atoms with van der Waals surface area (Å²) in [6, 6.07) is 10.5. The SMILES string of the molecule is O=C(CCc1ccccc1)NC1CCCNCC1. The zero-order chi connectivity index (χ0) is 12.6. The normalized spacial score (nSPS) is 20.1. The molecule has 0 aromatic heterocycles. The molecular formula is C15H22N2O. The average Bonchev–Trinajstić information content (AvgIpc) is 2.66. The number of benzene rings is 1. The van der Waals surface area contributed by atoms with Gasteiger partial charge in [-0.05, 0) is 44.3 Å². The molecule has 98 valence electrons. The molecule has 1 saturated heterocycles. The van der Waals surface area contributed by atoms with Crippen LogP contribution in [0, 0.1) is 0 Å². The molecule has 0 spiro atoms. The first-order valence-electron chi connectivity index (χ1n) is 6.88. The molecule has 0 bridgehead atoms. The van der Waals surface area contributed by atoms with E-state index in [1.807, 2.05) is 18.2 Å². The van der Waals surface area contributed by atoms with Crippen LogP contribution in [0.25, 0.3) is 0 Å². The van der Waals surface area contributed by atoms with E-state index in [2.05, 4.69) is 22.8 Å². The zero-order valence-corrected chi connectivity index (χ0v) is 10.8. The van der Waals surface area contributed by atoms with Crippen LogP contribution in [0.3, 0.4) is 0 Å². The van der Waals surface area contributed by atoms with E-state index in [0.717, 1.165) is 38.8 Å². The lowest BCUT2D eigenvalue weighted by atomic mass is 10.1. The Labute approximate surface area is 109 Å². The minimum atomic E-state index is 0.186. The Morgan fingerprint density at radius 1 is 1.22 bits per heavy atom. The van der Waals surface area contributed by atoms with Gasteiger partial charge in [-0.25, -0.2) is 0 Å². The maximum Gasteiger partial charge on any atom is 0.220 e. The van der Waals surface area contributed by atoms with Crippen LogP contribution in [0.15, 0.2) is 30.3 Å². The third-order valence-electron chi connectivity index (χ3n) is 3.42. The minimum Gasteiger partial charge on any atom is -0.353 e. The Hall–Kier alpha value is -1.35. The molecule has 0 radical (unpaired) electrons. The number of amides is 1. The lowest BCUT2D eigenvalue weighted by molar-refractivity contribution is -0.121. The van der Waals surface area contributed by atoms with Crippen molar-refractivity contribution in [3.05, 3.63) is 35.9 Å². The number of hydrogen-bond donors (Lipinski definition) is 2. The van der Waals surface area contributed by atoms with Crippen molar-refractivity contribution >= 4 is 5.91 Å². The predicted molar refractivity (Wildman–Crippen MR) is 73.4 cm³/mol. The van der Waals surface area contributed by atoms with E-state index >= 15 is 0 Å². The van der Waals surface area contributed by atoms with Gasteiger partial charge in [0, 0.05) is 12.5 Å². The van der Waals surface area contributed by atoms with Crippen LogP contribution in [0.5, 0.6) is 0 Å². The van der Waals surface area contributed by atoms with Crippen LogP contribution in [-0.4, -0.2) is 25.0 Å². The Balaban J connectivity index is 1.71. The molecule has 2 N–H and O–H groups in total. The van der Waals surface area contributed by atoms with Gasteiger partial charge in [0.05, 0.1) is 0 Å². The van der Waals surface area contributed by atoms with Crippen molar-refractivity contribution in [3.63, 3.8) is 0 Å². The molecule has 1 atom stereocenters. The molecule has 1 heterocycles. The highest BCUT2D eigenvalue weighted by atomic mass is 16.1. The van der Waals surface area contributed by atoms with Crippen molar-refractivity contribution < 1.29 is 4.79 Å². The maximum atomic E-state index is 11.9.